The number of carbonyl (C=O) groups is 2. The number of carbonyl (C=O) groups excluding carboxylic acids is 2. The van der Waals surface area contributed by atoms with E-state index in [1.54, 1.807) is 29.2 Å². The Labute approximate surface area is 200 Å². The van der Waals surface area contributed by atoms with Gasteiger partial charge in [-0.25, -0.2) is 0 Å². The van der Waals surface area contributed by atoms with Crippen molar-refractivity contribution < 1.29 is 14.3 Å². The molecule has 5 nitrogen and oxygen atoms in total. The average Bonchev–Trinajstić information content (AvgIpc) is 2.83. The Hall–Kier alpha value is -3.31. The highest BCUT2D eigenvalue weighted by Gasteiger charge is 2.31. The van der Waals surface area contributed by atoms with E-state index in [2.05, 4.69) is 5.32 Å². The summed E-state index contributed by atoms with van der Waals surface area (Å²) >= 11 is 6.18. The Bertz CT molecular complexity index is 1040. The van der Waals surface area contributed by atoms with E-state index in [0.29, 0.717) is 17.3 Å². The Kier molecular flexibility index (Phi) is 8.90. The highest BCUT2D eigenvalue weighted by atomic mass is 35.5. The smallest absolute Gasteiger partial charge is 0.261 e. The highest BCUT2D eigenvalue weighted by Crippen LogP contribution is 2.26. The van der Waals surface area contributed by atoms with Gasteiger partial charge in [-0.05, 0) is 29.2 Å². The fourth-order valence-electron chi connectivity index (χ4n) is 3.40. The number of amides is 2. The summed E-state index contributed by atoms with van der Waals surface area (Å²) in [6, 6.07) is 25.1. The lowest BCUT2D eigenvalue weighted by atomic mass is 10.0. The predicted molar refractivity (Wildman–Crippen MR) is 131 cm³/mol. The van der Waals surface area contributed by atoms with Gasteiger partial charge in [0.15, 0.2) is 6.61 Å². The molecule has 0 unspecified atom stereocenters. The normalized spacial score (nSPS) is 11.6. The van der Waals surface area contributed by atoms with Gasteiger partial charge in [-0.1, -0.05) is 98.2 Å². The molecule has 0 heterocycles. The maximum absolute atomic E-state index is 13.5. The zero-order chi connectivity index (χ0) is 23.6. The van der Waals surface area contributed by atoms with Gasteiger partial charge in [0, 0.05) is 13.1 Å². The molecule has 0 radical (unpaired) electrons. The van der Waals surface area contributed by atoms with Crippen molar-refractivity contribution in [1.29, 1.82) is 0 Å². The first kappa shape index (κ1) is 24.3. The molecule has 3 rings (SSSR count). The number of hydrogen-bond donors (Lipinski definition) is 1. The number of nitrogens with zero attached hydrogens (tertiary/aromatic N) is 1. The van der Waals surface area contributed by atoms with Crippen molar-refractivity contribution in [3.63, 3.8) is 0 Å². The Balaban J connectivity index is 1.92. The van der Waals surface area contributed by atoms with Crippen LogP contribution < -0.4 is 10.1 Å². The van der Waals surface area contributed by atoms with E-state index in [0.717, 1.165) is 11.1 Å². The largest absolute Gasteiger partial charge is 0.482 e. The van der Waals surface area contributed by atoms with E-state index in [4.69, 9.17) is 16.3 Å². The number of hydrogen-bond acceptors (Lipinski definition) is 3. The second kappa shape index (κ2) is 12.1. The molecule has 0 spiro atoms. The van der Waals surface area contributed by atoms with E-state index >= 15 is 0 Å². The molecule has 3 aromatic rings. The van der Waals surface area contributed by atoms with E-state index in [-0.39, 0.29) is 30.9 Å². The van der Waals surface area contributed by atoms with Crippen LogP contribution in [0.2, 0.25) is 5.02 Å². The van der Waals surface area contributed by atoms with Crippen molar-refractivity contribution in [2.45, 2.75) is 26.4 Å². The Morgan fingerprint density at radius 3 is 2.15 bits per heavy atom. The van der Waals surface area contributed by atoms with Crippen LogP contribution in [0.4, 0.5) is 0 Å². The molecule has 6 heteroatoms. The van der Waals surface area contributed by atoms with Gasteiger partial charge < -0.3 is 15.0 Å². The lowest BCUT2D eigenvalue weighted by molar-refractivity contribution is -0.143. The quantitative estimate of drug-likeness (QED) is 0.445. The van der Waals surface area contributed by atoms with E-state index in [9.17, 15) is 9.59 Å². The van der Waals surface area contributed by atoms with Crippen molar-refractivity contribution in [3.05, 3.63) is 101 Å². The molecule has 172 valence electrons. The third-order valence-electron chi connectivity index (χ3n) is 5.06. The Morgan fingerprint density at radius 1 is 0.909 bits per heavy atom. The van der Waals surface area contributed by atoms with Crippen molar-refractivity contribution in [3.8, 4) is 5.75 Å². The molecule has 1 N–H and O–H groups in total. The minimum atomic E-state index is -0.799. The summed E-state index contributed by atoms with van der Waals surface area (Å²) < 4.78 is 5.73. The molecule has 33 heavy (non-hydrogen) atoms. The van der Waals surface area contributed by atoms with Gasteiger partial charge in [0.25, 0.3) is 5.91 Å². The van der Waals surface area contributed by atoms with Crippen LogP contribution >= 0.6 is 11.6 Å². The number of halogens is 1. The highest BCUT2D eigenvalue weighted by molar-refractivity contribution is 6.32. The number of nitrogens with one attached hydrogen (secondary N) is 1. The third-order valence-corrected chi connectivity index (χ3v) is 5.38. The van der Waals surface area contributed by atoms with Crippen LogP contribution in [0.1, 0.15) is 31.0 Å². The molecule has 3 aromatic carbocycles. The van der Waals surface area contributed by atoms with Crippen molar-refractivity contribution >= 4 is 23.4 Å². The SMILES string of the molecule is CC(C)CNC(=O)[C@H](c1ccccc1)N(Cc1ccccc1)C(=O)COc1ccccc1Cl. The number of benzene rings is 3. The number of rotatable bonds is 10. The van der Waals surface area contributed by atoms with Gasteiger partial charge in [0.2, 0.25) is 5.91 Å². The summed E-state index contributed by atoms with van der Waals surface area (Å²) in [5.74, 6) is 0.171. The van der Waals surface area contributed by atoms with Gasteiger partial charge in [-0.3, -0.25) is 9.59 Å². The average molecular weight is 465 g/mol. The fraction of sp³-hybridized carbons (Fsp3) is 0.259. The van der Waals surface area contributed by atoms with Crippen LogP contribution in [0.3, 0.4) is 0 Å². The standard InChI is InChI=1S/C27H29ClN2O3/c1-20(2)17-29-27(32)26(22-13-7-4-8-14-22)30(18-21-11-5-3-6-12-21)25(31)19-33-24-16-10-9-15-23(24)28/h3-16,20,26H,17-19H2,1-2H3,(H,29,32)/t26-/m0/s1. The minimum absolute atomic E-state index is 0.225. The molecule has 0 bridgehead atoms. The summed E-state index contributed by atoms with van der Waals surface area (Å²) in [6.45, 7) is 4.60. The first-order valence-corrected chi connectivity index (χ1v) is 11.4. The third kappa shape index (κ3) is 7.09. The maximum atomic E-state index is 13.5. The second-order valence-corrected chi connectivity index (χ2v) is 8.59. The van der Waals surface area contributed by atoms with Gasteiger partial charge in [-0.15, -0.1) is 0 Å². The van der Waals surface area contributed by atoms with Gasteiger partial charge in [0.05, 0.1) is 5.02 Å². The van der Waals surface area contributed by atoms with Gasteiger partial charge >= 0.3 is 0 Å². The van der Waals surface area contributed by atoms with Crippen molar-refractivity contribution in [2.24, 2.45) is 5.92 Å². The maximum Gasteiger partial charge on any atom is 0.261 e. The monoisotopic (exact) mass is 464 g/mol. The fourth-order valence-corrected chi connectivity index (χ4v) is 3.59. The molecular weight excluding hydrogens is 436 g/mol. The zero-order valence-corrected chi connectivity index (χ0v) is 19.7. The van der Waals surface area contributed by atoms with Crippen LogP contribution in [0.15, 0.2) is 84.9 Å². The number of para-hydroxylation sites is 1. The van der Waals surface area contributed by atoms with Crippen molar-refractivity contribution in [1.82, 2.24) is 10.2 Å². The summed E-state index contributed by atoms with van der Waals surface area (Å²) in [4.78, 5) is 28.4. The Morgan fingerprint density at radius 2 is 1.52 bits per heavy atom. The van der Waals surface area contributed by atoms with Crippen LogP contribution in [-0.4, -0.2) is 29.9 Å². The molecule has 2 amide bonds. The molecule has 0 fully saturated rings. The summed E-state index contributed by atoms with van der Waals surface area (Å²) in [7, 11) is 0. The van der Waals surface area contributed by atoms with Crippen LogP contribution in [0.25, 0.3) is 0 Å². The zero-order valence-electron chi connectivity index (χ0n) is 18.9. The predicted octanol–water partition coefficient (Wildman–Crippen LogP) is 5.26. The molecule has 0 aliphatic heterocycles. The molecule has 0 aromatic heterocycles. The minimum Gasteiger partial charge on any atom is -0.482 e. The molecule has 1 atom stereocenters. The number of ether oxygens (including phenoxy) is 1. The molecule has 0 saturated carbocycles. The molecule has 0 aliphatic carbocycles. The van der Waals surface area contributed by atoms with E-state index in [1.807, 2.05) is 74.5 Å². The van der Waals surface area contributed by atoms with Crippen LogP contribution in [0, 0.1) is 5.92 Å². The first-order valence-electron chi connectivity index (χ1n) is 11.0. The van der Waals surface area contributed by atoms with E-state index in [1.165, 1.54) is 0 Å². The summed E-state index contributed by atoms with van der Waals surface area (Å²) in [6.07, 6.45) is 0. The van der Waals surface area contributed by atoms with E-state index < -0.39 is 6.04 Å². The van der Waals surface area contributed by atoms with Crippen LogP contribution in [-0.2, 0) is 16.1 Å². The lowest BCUT2D eigenvalue weighted by Crippen LogP contribution is -2.45. The second-order valence-electron chi connectivity index (χ2n) is 8.18. The van der Waals surface area contributed by atoms with Gasteiger partial charge in [-0.2, -0.15) is 0 Å². The molecule has 0 saturated heterocycles. The topological polar surface area (TPSA) is 58.6 Å². The van der Waals surface area contributed by atoms with Crippen LogP contribution in [0.5, 0.6) is 5.75 Å². The lowest BCUT2D eigenvalue weighted by Gasteiger charge is -2.32. The first-order chi connectivity index (χ1) is 16.0. The summed E-state index contributed by atoms with van der Waals surface area (Å²) in [5.41, 5.74) is 1.65. The van der Waals surface area contributed by atoms with Crippen molar-refractivity contribution in [2.75, 3.05) is 13.2 Å². The molecular formula is C27H29ClN2O3. The van der Waals surface area contributed by atoms with Gasteiger partial charge in [0.1, 0.15) is 11.8 Å². The summed E-state index contributed by atoms with van der Waals surface area (Å²) in [5, 5.41) is 3.42. The molecule has 0 aliphatic rings.